The van der Waals surface area contributed by atoms with Gasteiger partial charge < -0.3 is 10.0 Å². The molecule has 0 spiro atoms. The lowest BCUT2D eigenvalue weighted by molar-refractivity contribution is -0.142. The summed E-state index contributed by atoms with van der Waals surface area (Å²) < 4.78 is 0. The summed E-state index contributed by atoms with van der Waals surface area (Å²) in [6.07, 6.45) is 4.65. The van der Waals surface area contributed by atoms with E-state index in [9.17, 15) is 9.59 Å². The second kappa shape index (κ2) is 5.75. The first kappa shape index (κ1) is 15.1. The van der Waals surface area contributed by atoms with E-state index in [1.807, 2.05) is 24.0 Å². The molecule has 1 N–H and O–H groups in total. The number of amides is 1. The first-order valence-corrected chi connectivity index (χ1v) is 8.13. The van der Waals surface area contributed by atoms with Gasteiger partial charge in [0.1, 0.15) is 0 Å². The maximum atomic E-state index is 13.2. The number of carboxylic acid groups (broad SMARTS) is 1. The third-order valence-corrected chi connectivity index (χ3v) is 5.25. The molecule has 22 heavy (non-hydrogen) atoms. The van der Waals surface area contributed by atoms with E-state index in [0.29, 0.717) is 6.54 Å². The number of carbonyl (C=O) groups is 2. The summed E-state index contributed by atoms with van der Waals surface area (Å²) >= 11 is 0. The molecule has 4 nitrogen and oxygen atoms in total. The van der Waals surface area contributed by atoms with Gasteiger partial charge in [0.2, 0.25) is 5.91 Å². The average Bonchev–Trinajstić information content (AvgIpc) is 2.94. The van der Waals surface area contributed by atoms with Gasteiger partial charge in [-0.3, -0.25) is 9.59 Å². The Balaban J connectivity index is 1.90. The van der Waals surface area contributed by atoms with Crippen molar-refractivity contribution < 1.29 is 14.7 Å². The van der Waals surface area contributed by atoms with Gasteiger partial charge in [-0.15, -0.1) is 0 Å². The molecule has 2 atom stereocenters. The molecule has 118 valence electrons. The zero-order valence-corrected chi connectivity index (χ0v) is 13.0. The van der Waals surface area contributed by atoms with Gasteiger partial charge >= 0.3 is 5.97 Å². The van der Waals surface area contributed by atoms with Crippen LogP contribution in [0.1, 0.15) is 50.2 Å². The van der Waals surface area contributed by atoms with Crippen molar-refractivity contribution in [2.24, 2.45) is 0 Å². The minimum absolute atomic E-state index is 0.0590. The van der Waals surface area contributed by atoms with E-state index in [-0.39, 0.29) is 18.4 Å². The second-order valence-electron chi connectivity index (χ2n) is 6.74. The van der Waals surface area contributed by atoms with Crippen LogP contribution in [-0.4, -0.2) is 34.5 Å². The normalized spacial score (nSPS) is 27.5. The Morgan fingerprint density at radius 1 is 1.32 bits per heavy atom. The lowest BCUT2D eigenvalue weighted by atomic mass is 9.70. The van der Waals surface area contributed by atoms with Gasteiger partial charge in [0, 0.05) is 12.6 Å². The number of fused-ring (bicyclic) bond motifs is 1. The van der Waals surface area contributed by atoms with Crippen molar-refractivity contribution in [3.8, 4) is 0 Å². The number of aliphatic carboxylic acids is 1. The largest absolute Gasteiger partial charge is 0.481 e. The highest BCUT2D eigenvalue weighted by atomic mass is 16.4. The van der Waals surface area contributed by atoms with Crippen molar-refractivity contribution >= 4 is 11.9 Å². The quantitative estimate of drug-likeness (QED) is 0.934. The Kier molecular flexibility index (Phi) is 3.94. The lowest BCUT2D eigenvalue weighted by Crippen LogP contribution is -2.49. The van der Waals surface area contributed by atoms with Gasteiger partial charge in [-0.1, -0.05) is 24.3 Å². The molecule has 0 bridgehead atoms. The molecule has 1 heterocycles. The number of carboxylic acids is 1. The number of hydrogen-bond acceptors (Lipinski definition) is 2. The second-order valence-corrected chi connectivity index (χ2v) is 6.74. The van der Waals surface area contributed by atoms with Crippen molar-refractivity contribution in [3.05, 3.63) is 35.4 Å². The molecule has 2 unspecified atom stereocenters. The summed E-state index contributed by atoms with van der Waals surface area (Å²) in [7, 11) is 0. The average molecular weight is 301 g/mol. The first-order valence-electron chi connectivity index (χ1n) is 8.13. The molecule has 0 radical (unpaired) electrons. The van der Waals surface area contributed by atoms with Crippen LogP contribution in [0.4, 0.5) is 0 Å². The molecule has 4 heteroatoms. The van der Waals surface area contributed by atoms with Gasteiger partial charge in [0.15, 0.2) is 0 Å². The molecule has 1 amide bonds. The molecule has 1 aliphatic carbocycles. The van der Waals surface area contributed by atoms with E-state index in [4.69, 9.17) is 5.11 Å². The third kappa shape index (κ3) is 2.51. The Bertz CT molecular complexity index is 598. The Hall–Kier alpha value is -1.84. The summed E-state index contributed by atoms with van der Waals surface area (Å²) in [6, 6.07) is 8.05. The minimum Gasteiger partial charge on any atom is -0.481 e. The molecular formula is C18H23NO3. The number of rotatable bonds is 3. The van der Waals surface area contributed by atoms with E-state index in [0.717, 1.165) is 37.7 Å². The SMILES string of the molecule is CC1(C(=O)N2CCCC2CC(=O)O)CCCc2ccccc21. The van der Waals surface area contributed by atoms with Crippen LogP contribution in [0.5, 0.6) is 0 Å². The highest BCUT2D eigenvalue weighted by Crippen LogP contribution is 2.40. The number of carbonyl (C=O) groups excluding carboxylic acids is 1. The monoisotopic (exact) mass is 301 g/mol. The van der Waals surface area contributed by atoms with E-state index >= 15 is 0 Å². The van der Waals surface area contributed by atoms with Crippen molar-refractivity contribution in [1.29, 1.82) is 0 Å². The van der Waals surface area contributed by atoms with Crippen LogP contribution in [0, 0.1) is 0 Å². The fourth-order valence-corrected chi connectivity index (χ4v) is 4.10. The topological polar surface area (TPSA) is 57.6 Å². The number of benzene rings is 1. The molecule has 1 saturated heterocycles. The van der Waals surface area contributed by atoms with Crippen LogP contribution in [0.2, 0.25) is 0 Å². The first-order chi connectivity index (χ1) is 10.5. The van der Waals surface area contributed by atoms with Gasteiger partial charge in [0.25, 0.3) is 0 Å². The van der Waals surface area contributed by atoms with E-state index in [1.54, 1.807) is 0 Å². The third-order valence-electron chi connectivity index (χ3n) is 5.25. The fourth-order valence-electron chi connectivity index (χ4n) is 4.10. The summed E-state index contributed by atoms with van der Waals surface area (Å²) in [4.78, 5) is 26.1. The number of hydrogen-bond donors (Lipinski definition) is 1. The summed E-state index contributed by atoms with van der Waals surface area (Å²) in [5.41, 5.74) is 1.89. The predicted octanol–water partition coefficient (Wildman–Crippen LogP) is 2.75. The molecule has 1 aromatic carbocycles. The lowest BCUT2D eigenvalue weighted by Gasteiger charge is -2.39. The van der Waals surface area contributed by atoms with Crippen LogP contribution in [0.15, 0.2) is 24.3 Å². The van der Waals surface area contributed by atoms with Crippen molar-refractivity contribution in [1.82, 2.24) is 4.90 Å². The number of aryl methyl sites for hydroxylation is 1. The van der Waals surface area contributed by atoms with Crippen LogP contribution >= 0.6 is 0 Å². The molecule has 0 aromatic heterocycles. The zero-order valence-electron chi connectivity index (χ0n) is 13.0. The van der Waals surface area contributed by atoms with Gasteiger partial charge in [-0.05, 0) is 50.2 Å². The summed E-state index contributed by atoms with van der Waals surface area (Å²) in [5.74, 6) is -0.706. The van der Waals surface area contributed by atoms with Crippen LogP contribution in [0.25, 0.3) is 0 Å². The smallest absolute Gasteiger partial charge is 0.305 e. The maximum Gasteiger partial charge on any atom is 0.305 e. The molecule has 1 aliphatic heterocycles. The van der Waals surface area contributed by atoms with Crippen molar-refractivity contribution in [3.63, 3.8) is 0 Å². The minimum atomic E-state index is -0.820. The van der Waals surface area contributed by atoms with E-state index in [2.05, 4.69) is 12.1 Å². The van der Waals surface area contributed by atoms with Crippen molar-refractivity contribution in [2.45, 2.75) is 56.9 Å². The molecular weight excluding hydrogens is 278 g/mol. The zero-order chi connectivity index (χ0) is 15.7. The molecule has 1 fully saturated rings. The summed E-state index contributed by atoms with van der Waals surface area (Å²) in [6.45, 7) is 2.72. The van der Waals surface area contributed by atoms with Crippen molar-refractivity contribution in [2.75, 3.05) is 6.54 Å². The molecule has 1 aromatic rings. The Morgan fingerprint density at radius 2 is 2.09 bits per heavy atom. The Morgan fingerprint density at radius 3 is 2.86 bits per heavy atom. The molecule has 3 rings (SSSR count). The summed E-state index contributed by atoms with van der Waals surface area (Å²) in [5, 5.41) is 9.07. The van der Waals surface area contributed by atoms with Gasteiger partial charge in [-0.25, -0.2) is 0 Å². The Labute approximate surface area is 131 Å². The van der Waals surface area contributed by atoms with E-state index < -0.39 is 11.4 Å². The highest BCUT2D eigenvalue weighted by Gasteiger charge is 2.44. The standard InChI is InChI=1S/C18H23NO3/c1-18(10-4-7-13-6-2-3-9-15(13)18)17(22)19-11-5-8-14(19)12-16(20)21/h2-3,6,9,14H,4-5,7-8,10-12H2,1H3,(H,20,21). The van der Waals surface area contributed by atoms with Crippen LogP contribution in [-0.2, 0) is 21.4 Å². The predicted molar refractivity (Wildman–Crippen MR) is 83.7 cm³/mol. The molecule has 0 saturated carbocycles. The van der Waals surface area contributed by atoms with Crippen LogP contribution in [0.3, 0.4) is 0 Å². The van der Waals surface area contributed by atoms with Crippen LogP contribution < -0.4 is 0 Å². The van der Waals surface area contributed by atoms with Gasteiger partial charge in [-0.2, -0.15) is 0 Å². The van der Waals surface area contributed by atoms with E-state index in [1.165, 1.54) is 5.56 Å². The fraction of sp³-hybridized carbons (Fsp3) is 0.556. The highest BCUT2D eigenvalue weighted by molar-refractivity contribution is 5.89. The number of likely N-dealkylation sites (tertiary alicyclic amines) is 1. The number of nitrogens with zero attached hydrogens (tertiary/aromatic N) is 1. The maximum absolute atomic E-state index is 13.2. The van der Waals surface area contributed by atoms with Gasteiger partial charge in [0.05, 0.1) is 11.8 Å². The molecule has 2 aliphatic rings.